The molecule has 3 rings (SSSR count). The Labute approximate surface area is 216 Å². The number of amides is 2. The van der Waals surface area contributed by atoms with E-state index in [2.05, 4.69) is 5.32 Å². The van der Waals surface area contributed by atoms with Crippen molar-refractivity contribution in [3.8, 4) is 11.5 Å². The molecule has 9 nitrogen and oxygen atoms in total. The van der Waals surface area contributed by atoms with Crippen molar-refractivity contribution in [1.29, 1.82) is 0 Å². The molecule has 0 aliphatic rings. The van der Waals surface area contributed by atoms with Crippen molar-refractivity contribution >= 4 is 17.5 Å². The molecule has 1 atom stereocenters. The maximum absolute atomic E-state index is 13.5. The number of ether oxygens (including phenoxy) is 2. The van der Waals surface area contributed by atoms with Gasteiger partial charge < -0.3 is 19.7 Å². The lowest BCUT2D eigenvalue weighted by atomic mass is 10.0. The Kier molecular flexibility index (Phi) is 10.0. The lowest BCUT2D eigenvalue weighted by molar-refractivity contribution is -0.385. The first kappa shape index (κ1) is 27.2. The van der Waals surface area contributed by atoms with E-state index in [9.17, 15) is 19.7 Å². The van der Waals surface area contributed by atoms with Crippen molar-refractivity contribution in [2.75, 3.05) is 20.3 Å². The Morgan fingerprint density at radius 1 is 1.00 bits per heavy atom. The van der Waals surface area contributed by atoms with Crippen LogP contribution in [0.3, 0.4) is 0 Å². The van der Waals surface area contributed by atoms with Gasteiger partial charge in [0.15, 0.2) is 6.61 Å². The fraction of sp³-hybridized carbons (Fsp3) is 0.286. The maximum Gasteiger partial charge on any atom is 0.311 e. The van der Waals surface area contributed by atoms with Gasteiger partial charge in [-0.05, 0) is 23.6 Å². The Balaban J connectivity index is 1.87. The Hall–Kier alpha value is -4.40. The first-order valence-electron chi connectivity index (χ1n) is 12.0. The van der Waals surface area contributed by atoms with Gasteiger partial charge in [0.1, 0.15) is 11.8 Å². The molecule has 0 aliphatic carbocycles. The minimum Gasteiger partial charge on any atom is -0.490 e. The van der Waals surface area contributed by atoms with E-state index in [4.69, 9.17) is 9.47 Å². The number of carbonyl (C=O) groups excluding carboxylic acids is 2. The molecule has 1 N–H and O–H groups in total. The third-order valence-electron chi connectivity index (χ3n) is 5.73. The summed E-state index contributed by atoms with van der Waals surface area (Å²) in [5, 5.41) is 14.1. The number of hydrogen-bond acceptors (Lipinski definition) is 6. The van der Waals surface area contributed by atoms with E-state index in [1.165, 1.54) is 30.2 Å². The van der Waals surface area contributed by atoms with E-state index >= 15 is 0 Å². The zero-order valence-corrected chi connectivity index (χ0v) is 21.0. The molecule has 3 aromatic carbocycles. The Morgan fingerprint density at radius 2 is 1.65 bits per heavy atom. The second-order valence-corrected chi connectivity index (χ2v) is 8.38. The number of hydrogen-bond donors (Lipinski definition) is 1. The summed E-state index contributed by atoms with van der Waals surface area (Å²) in [5.74, 6) is -0.372. The third-order valence-corrected chi connectivity index (χ3v) is 5.73. The van der Waals surface area contributed by atoms with Gasteiger partial charge in [0.2, 0.25) is 11.7 Å². The van der Waals surface area contributed by atoms with Gasteiger partial charge in [0.25, 0.3) is 5.91 Å². The van der Waals surface area contributed by atoms with Crippen LogP contribution in [0, 0.1) is 10.1 Å². The van der Waals surface area contributed by atoms with Crippen LogP contribution in [0.1, 0.15) is 24.5 Å². The van der Waals surface area contributed by atoms with Crippen molar-refractivity contribution in [2.45, 2.75) is 32.4 Å². The molecule has 0 fully saturated rings. The highest BCUT2D eigenvalue weighted by atomic mass is 16.6. The molecule has 9 heteroatoms. The Bertz CT molecular complexity index is 1190. The van der Waals surface area contributed by atoms with Gasteiger partial charge in [0, 0.05) is 31.6 Å². The lowest BCUT2D eigenvalue weighted by Gasteiger charge is -2.31. The molecule has 0 bridgehead atoms. The van der Waals surface area contributed by atoms with E-state index in [0.717, 1.165) is 17.5 Å². The van der Waals surface area contributed by atoms with E-state index in [0.29, 0.717) is 13.0 Å². The van der Waals surface area contributed by atoms with Crippen LogP contribution in [0.25, 0.3) is 0 Å². The van der Waals surface area contributed by atoms with Crippen molar-refractivity contribution in [3.05, 3.63) is 100 Å². The predicted octanol–water partition coefficient (Wildman–Crippen LogP) is 4.15. The van der Waals surface area contributed by atoms with Gasteiger partial charge in [-0.25, -0.2) is 0 Å². The number of nitrogens with zero attached hydrogens (tertiary/aromatic N) is 2. The van der Waals surface area contributed by atoms with Gasteiger partial charge in [-0.1, -0.05) is 67.6 Å². The second-order valence-electron chi connectivity index (χ2n) is 8.38. The molecule has 0 spiro atoms. The summed E-state index contributed by atoms with van der Waals surface area (Å²) in [7, 11) is 1.32. The van der Waals surface area contributed by atoms with Crippen molar-refractivity contribution < 1.29 is 24.0 Å². The van der Waals surface area contributed by atoms with Crippen LogP contribution in [-0.2, 0) is 22.6 Å². The summed E-state index contributed by atoms with van der Waals surface area (Å²) < 4.78 is 10.8. The quantitative estimate of drug-likeness (QED) is 0.276. The predicted molar refractivity (Wildman–Crippen MR) is 139 cm³/mol. The van der Waals surface area contributed by atoms with E-state index in [-0.39, 0.29) is 36.2 Å². The number of carbonyl (C=O) groups is 2. The molecule has 0 unspecified atom stereocenters. The fourth-order valence-electron chi connectivity index (χ4n) is 3.83. The molecule has 0 heterocycles. The molecule has 194 valence electrons. The van der Waals surface area contributed by atoms with Gasteiger partial charge in [-0.3, -0.25) is 19.7 Å². The van der Waals surface area contributed by atoms with Gasteiger partial charge >= 0.3 is 5.69 Å². The molecule has 0 saturated heterocycles. The minimum absolute atomic E-state index is 0.0250. The van der Waals surface area contributed by atoms with Crippen LogP contribution in [0.4, 0.5) is 5.69 Å². The maximum atomic E-state index is 13.5. The summed E-state index contributed by atoms with van der Waals surface area (Å²) in [4.78, 5) is 39.0. The van der Waals surface area contributed by atoms with Crippen molar-refractivity contribution in [1.82, 2.24) is 10.2 Å². The van der Waals surface area contributed by atoms with Gasteiger partial charge in [0.05, 0.1) is 12.0 Å². The molecular formula is C28H31N3O6. The number of nitrogens with one attached hydrogen (secondary N) is 1. The topological polar surface area (TPSA) is 111 Å². The van der Waals surface area contributed by atoms with Crippen LogP contribution in [-0.4, -0.2) is 47.9 Å². The Morgan fingerprint density at radius 3 is 2.24 bits per heavy atom. The minimum atomic E-state index is -0.767. The standard InChI is InChI=1S/C28H31N3O6/c1-3-16-29-28(33)25(17-21-10-6-4-7-11-21)30(19-22-12-8-5-9-13-22)27(32)20-37-23-14-15-24(31(34)35)26(18-23)36-2/h4-15,18,25H,3,16-17,19-20H2,1-2H3,(H,29,33)/t25-/m0/s1. The molecule has 2 amide bonds. The zero-order valence-electron chi connectivity index (χ0n) is 21.0. The third kappa shape index (κ3) is 7.79. The normalized spacial score (nSPS) is 11.3. The van der Waals surface area contributed by atoms with Crippen LogP contribution in [0.2, 0.25) is 0 Å². The first-order chi connectivity index (χ1) is 17.9. The average molecular weight is 506 g/mol. The van der Waals surface area contributed by atoms with E-state index < -0.39 is 16.9 Å². The number of nitro benzene ring substituents is 1. The van der Waals surface area contributed by atoms with Crippen LogP contribution in [0.5, 0.6) is 11.5 Å². The smallest absolute Gasteiger partial charge is 0.311 e. The summed E-state index contributed by atoms with van der Waals surface area (Å²) in [5.41, 5.74) is 1.59. The highest BCUT2D eigenvalue weighted by Gasteiger charge is 2.30. The van der Waals surface area contributed by atoms with Gasteiger partial charge in [-0.15, -0.1) is 0 Å². The number of nitro groups is 1. The molecule has 37 heavy (non-hydrogen) atoms. The molecule has 0 saturated carbocycles. The molecule has 0 aromatic heterocycles. The van der Waals surface area contributed by atoms with Crippen LogP contribution >= 0.6 is 0 Å². The largest absolute Gasteiger partial charge is 0.490 e. The monoisotopic (exact) mass is 505 g/mol. The van der Waals surface area contributed by atoms with Crippen molar-refractivity contribution in [2.24, 2.45) is 0 Å². The zero-order chi connectivity index (χ0) is 26.6. The molecule has 3 aromatic rings. The summed E-state index contributed by atoms with van der Waals surface area (Å²) in [6.45, 7) is 2.31. The highest BCUT2D eigenvalue weighted by Crippen LogP contribution is 2.30. The SMILES string of the molecule is CCCNC(=O)[C@H](Cc1ccccc1)N(Cc1ccccc1)C(=O)COc1ccc([N+](=O)[O-])c(OC)c1. The molecule has 0 aliphatic heterocycles. The average Bonchev–Trinajstić information content (AvgIpc) is 2.93. The number of methoxy groups -OCH3 is 1. The van der Waals surface area contributed by atoms with Crippen molar-refractivity contribution in [3.63, 3.8) is 0 Å². The van der Waals surface area contributed by atoms with E-state index in [1.807, 2.05) is 67.6 Å². The molecule has 0 radical (unpaired) electrons. The first-order valence-corrected chi connectivity index (χ1v) is 12.0. The van der Waals surface area contributed by atoms with Gasteiger partial charge in [-0.2, -0.15) is 0 Å². The lowest BCUT2D eigenvalue weighted by Crippen LogP contribution is -2.51. The summed E-state index contributed by atoms with van der Waals surface area (Å²) >= 11 is 0. The number of benzene rings is 3. The highest BCUT2D eigenvalue weighted by molar-refractivity contribution is 5.88. The number of rotatable bonds is 13. The summed E-state index contributed by atoms with van der Waals surface area (Å²) in [6, 6.07) is 22.2. The summed E-state index contributed by atoms with van der Waals surface area (Å²) in [6.07, 6.45) is 1.10. The molecular weight excluding hydrogens is 474 g/mol. The van der Waals surface area contributed by atoms with Crippen LogP contribution in [0.15, 0.2) is 78.9 Å². The van der Waals surface area contributed by atoms with Crippen LogP contribution < -0.4 is 14.8 Å². The second kappa shape index (κ2) is 13.6. The fourth-order valence-corrected chi connectivity index (χ4v) is 3.83. The van der Waals surface area contributed by atoms with E-state index in [1.54, 1.807) is 0 Å².